The lowest BCUT2D eigenvalue weighted by Crippen LogP contribution is -2.68. The fraction of sp³-hybridized carbons (Fsp3) is 0.857. The Kier molecular flexibility index (Phi) is 1.47. The molecule has 1 rings (SSSR count). The molecule has 0 spiro atoms. The van der Waals surface area contributed by atoms with Gasteiger partial charge < -0.3 is 10.6 Å². The summed E-state index contributed by atoms with van der Waals surface area (Å²) >= 11 is 0. The summed E-state index contributed by atoms with van der Waals surface area (Å²) in [6, 6.07) is 0. The van der Waals surface area contributed by atoms with Crippen LogP contribution in [0.5, 0.6) is 0 Å². The summed E-state index contributed by atoms with van der Waals surface area (Å²) < 4.78 is 0. The van der Waals surface area contributed by atoms with E-state index >= 15 is 0 Å². The van der Waals surface area contributed by atoms with Crippen LogP contribution < -0.4 is 5.73 Å². The number of nitrogens with zero attached hydrogens (tertiary/aromatic N) is 1. The van der Waals surface area contributed by atoms with Crippen molar-refractivity contribution in [3.8, 4) is 0 Å². The third-order valence-electron chi connectivity index (χ3n) is 2.58. The molecule has 0 aromatic heterocycles. The van der Waals surface area contributed by atoms with Crippen LogP contribution >= 0.6 is 0 Å². The lowest BCUT2D eigenvalue weighted by molar-refractivity contribution is -0.162. The zero-order valence-electron chi connectivity index (χ0n) is 6.72. The van der Waals surface area contributed by atoms with Gasteiger partial charge in [0, 0.05) is 19.1 Å². The first kappa shape index (κ1) is 7.54. The molecule has 0 aromatic carbocycles. The summed E-state index contributed by atoms with van der Waals surface area (Å²) in [6.45, 7) is 4.54. The number of carbonyl (C=O) groups is 1. The maximum Gasteiger partial charge on any atom is 0.229 e. The quantitative estimate of drug-likeness (QED) is 0.516. The Morgan fingerprint density at radius 2 is 2.20 bits per heavy atom. The summed E-state index contributed by atoms with van der Waals surface area (Å²) in [5.41, 5.74) is 5.39. The first-order chi connectivity index (χ1) is 4.51. The number of likely N-dealkylation sites (tertiary alicyclic amines) is 1. The zero-order chi connectivity index (χ0) is 7.94. The number of carbonyl (C=O) groups excluding carboxylic acids is 1. The molecule has 1 fully saturated rings. The predicted octanol–water partition coefficient (Wildman–Crippen LogP) is -0.188. The van der Waals surface area contributed by atoms with Gasteiger partial charge in [-0.1, -0.05) is 0 Å². The molecule has 0 aliphatic carbocycles. The van der Waals surface area contributed by atoms with Crippen LogP contribution in [-0.2, 0) is 4.79 Å². The number of β-lactam (4-membered cyclic amide) rings is 1. The lowest BCUT2D eigenvalue weighted by Gasteiger charge is -2.52. The third kappa shape index (κ3) is 0.669. The van der Waals surface area contributed by atoms with Crippen molar-refractivity contribution in [2.24, 2.45) is 11.7 Å². The van der Waals surface area contributed by atoms with Crippen LogP contribution in [0.3, 0.4) is 0 Å². The Balaban J connectivity index is 2.71. The third-order valence-corrected chi connectivity index (χ3v) is 2.58. The first-order valence-corrected chi connectivity index (χ1v) is 3.49. The van der Waals surface area contributed by atoms with Crippen LogP contribution in [0, 0.1) is 5.92 Å². The first-order valence-electron chi connectivity index (χ1n) is 3.49. The molecule has 3 nitrogen and oxygen atoms in total. The number of hydrogen-bond acceptors (Lipinski definition) is 2. The second-order valence-electron chi connectivity index (χ2n) is 3.34. The van der Waals surface area contributed by atoms with Gasteiger partial charge in [-0.05, 0) is 13.8 Å². The van der Waals surface area contributed by atoms with Crippen molar-refractivity contribution in [3.63, 3.8) is 0 Å². The van der Waals surface area contributed by atoms with Gasteiger partial charge in [-0.2, -0.15) is 0 Å². The molecule has 2 N–H and O–H groups in total. The maximum absolute atomic E-state index is 11.1. The Hall–Kier alpha value is -0.570. The van der Waals surface area contributed by atoms with E-state index in [4.69, 9.17) is 5.73 Å². The topological polar surface area (TPSA) is 46.3 Å². The predicted molar refractivity (Wildman–Crippen MR) is 39.4 cm³/mol. The molecule has 3 heteroatoms. The molecule has 10 heavy (non-hydrogen) atoms. The fourth-order valence-corrected chi connectivity index (χ4v) is 1.38. The van der Waals surface area contributed by atoms with E-state index in [-0.39, 0.29) is 17.4 Å². The van der Waals surface area contributed by atoms with E-state index in [1.807, 2.05) is 20.9 Å². The molecule has 0 bridgehead atoms. The van der Waals surface area contributed by atoms with E-state index in [1.54, 1.807) is 4.90 Å². The molecule has 0 aromatic rings. The average Bonchev–Trinajstić information content (AvgIpc) is 1.88. The van der Waals surface area contributed by atoms with Crippen LogP contribution in [0.2, 0.25) is 0 Å². The zero-order valence-corrected chi connectivity index (χ0v) is 6.72. The molecule has 0 radical (unpaired) electrons. The number of hydrogen-bond donors (Lipinski definition) is 1. The average molecular weight is 142 g/mol. The van der Waals surface area contributed by atoms with Crippen molar-refractivity contribution >= 4 is 5.91 Å². The molecule has 1 atom stereocenters. The largest absolute Gasteiger partial charge is 0.339 e. The molecule has 1 aliphatic rings. The number of amides is 1. The summed E-state index contributed by atoms with van der Waals surface area (Å²) in [6.07, 6.45) is 0. The van der Waals surface area contributed by atoms with Crippen LogP contribution in [0.15, 0.2) is 0 Å². The number of nitrogens with two attached hydrogens (primary N) is 1. The number of rotatable bonds is 1. The van der Waals surface area contributed by atoms with Gasteiger partial charge in [-0.15, -0.1) is 0 Å². The SMILES string of the molecule is CN1C(=O)C(CN)C1(C)C. The van der Waals surface area contributed by atoms with Crippen molar-refractivity contribution in [1.29, 1.82) is 0 Å². The molecule has 1 amide bonds. The summed E-state index contributed by atoms with van der Waals surface area (Å²) in [7, 11) is 1.81. The molecule has 1 saturated heterocycles. The molecule has 58 valence electrons. The van der Waals surface area contributed by atoms with Crippen molar-refractivity contribution in [2.45, 2.75) is 19.4 Å². The van der Waals surface area contributed by atoms with E-state index in [0.29, 0.717) is 6.54 Å². The fourth-order valence-electron chi connectivity index (χ4n) is 1.38. The monoisotopic (exact) mass is 142 g/mol. The molecule has 0 saturated carbocycles. The van der Waals surface area contributed by atoms with Gasteiger partial charge >= 0.3 is 0 Å². The standard InChI is InChI=1S/C7H14N2O/c1-7(2)5(4-8)6(10)9(7)3/h5H,4,8H2,1-3H3. The summed E-state index contributed by atoms with van der Waals surface area (Å²) in [5, 5.41) is 0. The van der Waals surface area contributed by atoms with Gasteiger partial charge in [0.15, 0.2) is 0 Å². The van der Waals surface area contributed by atoms with Gasteiger partial charge in [0.2, 0.25) is 5.91 Å². The van der Waals surface area contributed by atoms with E-state index in [1.165, 1.54) is 0 Å². The van der Waals surface area contributed by atoms with E-state index in [9.17, 15) is 4.79 Å². The molecule has 1 unspecified atom stereocenters. The van der Waals surface area contributed by atoms with Gasteiger partial charge in [0.1, 0.15) is 0 Å². The highest BCUT2D eigenvalue weighted by atomic mass is 16.2. The minimum atomic E-state index is -0.0220. The van der Waals surface area contributed by atoms with E-state index < -0.39 is 0 Å². The molecular formula is C7H14N2O. The summed E-state index contributed by atoms with van der Waals surface area (Å²) in [4.78, 5) is 12.8. The Morgan fingerprint density at radius 1 is 1.70 bits per heavy atom. The van der Waals surface area contributed by atoms with Crippen LogP contribution in [-0.4, -0.2) is 29.9 Å². The van der Waals surface area contributed by atoms with Crippen molar-refractivity contribution in [2.75, 3.05) is 13.6 Å². The highest BCUT2D eigenvalue weighted by molar-refractivity contribution is 5.87. The van der Waals surface area contributed by atoms with Crippen LogP contribution in [0.25, 0.3) is 0 Å². The summed E-state index contributed by atoms with van der Waals surface area (Å²) in [5.74, 6) is 0.213. The van der Waals surface area contributed by atoms with E-state index in [0.717, 1.165) is 0 Å². The highest BCUT2D eigenvalue weighted by Gasteiger charge is 2.50. The van der Waals surface area contributed by atoms with Crippen molar-refractivity contribution < 1.29 is 4.79 Å². The second-order valence-corrected chi connectivity index (χ2v) is 3.34. The maximum atomic E-state index is 11.1. The molecule has 1 aliphatic heterocycles. The Morgan fingerprint density at radius 3 is 2.40 bits per heavy atom. The van der Waals surface area contributed by atoms with Gasteiger partial charge in [0.05, 0.1) is 5.92 Å². The van der Waals surface area contributed by atoms with Crippen molar-refractivity contribution in [3.05, 3.63) is 0 Å². The Labute approximate surface area is 61.2 Å². The van der Waals surface area contributed by atoms with Gasteiger partial charge in [0.25, 0.3) is 0 Å². The van der Waals surface area contributed by atoms with Crippen LogP contribution in [0.1, 0.15) is 13.8 Å². The minimum absolute atomic E-state index is 0.0220. The van der Waals surface area contributed by atoms with Gasteiger partial charge in [-0.3, -0.25) is 4.79 Å². The van der Waals surface area contributed by atoms with Crippen molar-refractivity contribution in [1.82, 2.24) is 4.90 Å². The second kappa shape index (κ2) is 1.95. The van der Waals surface area contributed by atoms with E-state index in [2.05, 4.69) is 0 Å². The Bertz CT molecular complexity index is 165. The van der Waals surface area contributed by atoms with Crippen LogP contribution in [0.4, 0.5) is 0 Å². The normalized spacial score (nSPS) is 30.2. The van der Waals surface area contributed by atoms with Gasteiger partial charge in [-0.25, -0.2) is 0 Å². The molecule has 1 heterocycles. The highest BCUT2D eigenvalue weighted by Crippen LogP contribution is 2.34. The molecular weight excluding hydrogens is 128 g/mol. The minimum Gasteiger partial charge on any atom is -0.339 e. The smallest absolute Gasteiger partial charge is 0.229 e. The lowest BCUT2D eigenvalue weighted by atomic mass is 9.77.